The van der Waals surface area contributed by atoms with Crippen molar-refractivity contribution >= 4 is 29.2 Å². The first-order valence-electron chi connectivity index (χ1n) is 7.12. The number of carboxylic acid groups (broad SMARTS) is 1. The lowest BCUT2D eigenvalue weighted by Gasteiger charge is -2.21. The van der Waals surface area contributed by atoms with E-state index in [1.54, 1.807) is 25.3 Å². The molecule has 0 aromatic heterocycles. The zero-order valence-electron chi connectivity index (χ0n) is 12.3. The van der Waals surface area contributed by atoms with Gasteiger partial charge in [-0.25, -0.2) is 4.79 Å². The summed E-state index contributed by atoms with van der Waals surface area (Å²) in [5, 5.41) is 12.8. The van der Waals surface area contributed by atoms with E-state index < -0.39 is 12.0 Å². The number of carbonyl (C=O) groups excluding carboxylic acids is 1. The average molecular weight is 327 g/mol. The Morgan fingerprint density at radius 2 is 2.27 bits per heavy atom. The Kier molecular flexibility index (Phi) is 5.49. The summed E-state index contributed by atoms with van der Waals surface area (Å²) >= 11 is 5.94. The number of carbonyl (C=O) groups is 2. The van der Waals surface area contributed by atoms with Crippen LogP contribution < -0.4 is 10.1 Å². The Labute approximate surface area is 134 Å². The summed E-state index contributed by atoms with van der Waals surface area (Å²) in [5.74, 6) is -0.449. The fraction of sp³-hybridized carbons (Fsp3) is 0.467. The Morgan fingerprint density at radius 3 is 2.95 bits per heavy atom. The Hall–Kier alpha value is -1.95. The van der Waals surface area contributed by atoms with Gasteiger partial charge in [0.25, 0.3) is 0 Å². The summed E-state index contributed by atoms with van der Waals surface area (Å²) in [6.07, 6.45) is 1.48. The number of anilines is 1. The largest absolute Gasteiger partial charge is 0.495 e. The average Bonchev–Trinajstić information content (AvgIpc) is 2.97. The number of methoxy groups -OCH3 is 1. The van der Waals surface area contributed by atoms with Crippen molar-refractivity contribution in [2.24, 2.45) is 0 Å². The molecule has 6 nitrogen and oxygen atoms in total. The first-order chi connectivity index (χ1) is 10.5. The van der Waals surface area contributed by atoms with E-state index in [4.69, 9.17) is 21.4 Å². The highest BCUT2D eigenvalue weighted by molar-refractivity contribution is 6.30. The van der Waals surface area contributed by atoms with Crippen LogP contribution in [0.3, 0.4) is 0 Å². The number of amides is 1. The van der Waals surface area contributed by atoms with Gasteiger partial charge in [-0.1, -0.05) is 11.6 Å². The van der Waals surface area contributed by atoms with Crippen LogP contribution in [0.1, 0.15) is 19.3 Å². The van der Waals surface area contributed by atoms with Crippen molar-refractivity contribution in [3.8, 4) is 5.75 Å². The second-order valence-electron chi connectivity index (χ2n) is 5.10. The molecule has 22 heavy (non-hydrogen) atoms. The third kappa shape index (κ3) is 3.82. The van der Waals surface area contributed by atoms with E-state index in [0.717, 1.165) is 6.42 Å². The quantitative estimate of drug-likeness (QED) is 0.838. The number of nitrogens with zero attached hydrogens (tertiary/aromatic N) is 1. The van der Waals surface area contributed by atoms with Gasteiger partial charge in [0, 0.05) is 24.5 Å². The summed E-state index contributed by atoms with van der Waals surface area (Å²) in [5.41, 5.74) is 0.707. The minimum Gasteiger partial charge on any atom is -0.495 e. The van der Waals surface area contributed by atoms with Crippen LogP contribution in [0.15, 0.2) is 18.2 Å². The van der Waals surface area contributed by atoms with Crippen molar-refractivity contribution in [2.45, 2.75) is 25.3 Å². The third-order valence-corrected chi connectivity index (χ3v) is 3.91. The molecule has 1 saturated heterocycles. The summed E-state index contributed by atoms with van der Waals surface area (Å²) < 4.78 is 5.21. The Morgan fingerprint density at radius 1 is 1.50 bits per heavy atom. The molecule has 0 radical (unpaired) electrons. The van der Waals surface area contributed by atoms with Crippen molar-refractivity contribution in [3.63, 3.8) is 0 Å². The second-order valence-corrected chi connectivity index (χ2v) is 5.54. The predicted molar refractivity (Wildman–Crippen MR) is 83.5 cm³/mol. The molecule has 1 aliphatic rings. The maximum Gasteiger partial charge on any atom is 0.326 e. The molecule has 7 heteroatoms. The normalized spacial score (nSPS) is 17.4. The molecule has 0 aliphatic carbocycles. The van der Waals surface area contributed by atoms with Crippen LogP contribution in [0.4, 0.5) is 5.69 Å². The number of rotatable bonds is 6. The zero-order chi connectivity index (χ0) is 16.1. The van der Waals surface area contributed by atoms with E-state index in [9.17, 15) is 9.59 Å². The standard InChI is InChI=1S/C15H19ClN2O4/c1-22-13-5-4-10(16)9-11(13)17-7-6-14(19)18-8-2-3-12(18)15(20)21/h4-5,9,12,17H,2-3,6-8H2,1H3,(H,20,21). The van der Waals surface area contributed by atoms with Gasteiger partial charge in [0.15, 0.2) is 0 Å². The highest BCUT2D eigenvalue weighted by atomic mass is 35.5. The maximum absolute atomic E-state index is 12.1. The number of aliphatic carboxylic acids is 1. The lowest BCUT2D eigenvalue weighted by atomic mass is 10.2. The Bertz CT molecular complexity index is 564. The van der Waals surface area contributed by atoms with Crippen LogP contribution in [0.5, 0.6) is 5.75 Å². The van der Waals surface area contributed by atoms with Crippen molar-refractivity contribution in [1.82, 2.24) is 4.90 Å². The molecule has 1 atom stereocenters. The minimum absolute atomic E-state index is 0.154. The predicted octanol–water partition coefficient (Wildman–Crippen LogP) is 2.23. The van der Waals surface area contributed by atoms with Gasteiger partial charge in [0.2, 0.25) is 5.91 Å². The number of likely N-dealkylation sites (tertiary alicyclic amines) is 1. The van der Waals surface area contributed by atoms with Crippen molar-refractivity contribution in [3.05, 3.63) is 23.2 Å². The lowest BCUT2D eigenvalue weighted by molar-refractivity contribution is -0.148. The number of benzene rings is 1. The molecule has 1 aromatic rings. The van der Waals surface area contributed by atoms with Crippen molar-refractivity contribution in [1.29, 1.82) is 0 Å². The van der Waals surface area contributed by atoms with Gasteiger partial charge in [-0.15, -0.1) is 0 Å². The zero-order valence-corrected chi connectivity index (χ0v) is 13.1. The van der Waals surface area contributed by atoms with Gasteiger partial charge in [0.05, 0.1) is 12.8 Å². The van der Waals surface area contributed by atoms with Gasteiger partial charge < -0.3 is 20.1 Å². The van der Waals surface area contributed by atoms with Gasteiger partial charge in [-0.2, -0.15) is 0 Å². The van der Waals surface area contributed by atoms with Crippen LogP contribution in [0.2, 0.25) is 5.02 Å². The number of hydrogen-bond donors (Lipinski definition) is 2. The fourth-order valence-corrected chi connectivity index (χ4v) is 2.76. The number of carboxylic acids is 1. The number of halogens is 1. The third-order valence-electron chi connectivity index (χ3n) is 3.67. The molecule has 2 rings (SSSR count). The molecule has 0 spiro atoms. The number of nitrogens with one attached hydrogen (secondary N) is 1. The van der Waals surface area contributed by atoms with Crippen molar-refractivity contribution in [2.75, 3.05) is 25.5 Å². The molecule has 1 amide bonds. The monoisotopic (exact) mass is 326 g/mol. The maximum atomic E-state index is 12.1. The fourth-order valence-electron chi connectivity index (χ4n) is 2.59. The second kappa shape index (κ2) is 7.35. The van der Waals surface area contributed by atoms with Gasteiger partial charge >= 0.3 is 5.97 Å². The number of ether oxygens (including phenoxy) is 1. The van der Waals surface area contributed by atoms with Gasteiger partial charge in [-0.3, -0.25) is 4.79 Å². The highest BCUT2D eigenvalue weighted by Gasteiger charge is 2.33. The molecule has 2 N–H and O–H groups in total. The smallest absolute Gasteiger partial charge is 0.326 e. The molecular formula is C15H19ClN2O4. The lowest BCUT2D eigenvalue weighted by Crippen LogP contribution is -2.40. The minimum atomic E-state index is -0.935. The molecule has 1 unspecified atom stereocenters. The van der Waals surface area contributed by atoms with Crippen LogP contribution in [0.25, 0.3) is 0 Å². The summed E-state index contributed by atoms with van der Waals surface area (Å²) in [6.45, 7) is 0.897. The highest BCUT2D eigenvalue weighted by Crippen LogP contribution is 2.27. The topological polar surface area (TPSA) is 78.9 Å². The van der Waals surface area contributed by atoms with Gasteiger partial charge in [-0.05, 0) is 31.0 Å². The number of hydrogen-bond acceptors (Lipinski definition) is 4. The molecule has 1 aromatic carbocycles. The van der Waals surface area contributed by atoms with Crippen LogP contribution in [-0.2, 0) is 9.59 Å². The van der Waals surface area contributed by atoms with E-state index in [-0.39, 0.29) is 12.3 Å². The Balaban J connectivity index is 1.90. The van der Waals surface area contributed by atoms with Crippen molar-refractivity contribution < 1.29 is 19.4 Å². The molecule has 120 valence electrons. The summed E-state index contributed by atoms with van der Waals surface area (Å²) in [6, 6.07) is 4.50. The van der Waals surface area contributed by atoms with E-state index >= 15 is 0 Å². The van der Waals surface area contributed by atoms with Crippen LogP contribution >= 0.6 is 11.6 Å². The van der Waals surface area contributed by atoms with Gasteiger partial charge in [0.1, 0.15) is 11.8 Å². The van der Waals surface area contributed by atoms with E-state index in [0.29, 0.717) is 36.0 Å². The van der Waals surface area contributed by atoms with E-state index in [1.807, 2.05) is 0 Å². The first kappa shape index (κ1) is 16.4. The summed E-state index contributed by atoms with van der Waals surface area (Å²) in [4.78, 5) is 24.7. The SMILES string of the molecule is COc1ccc(Cl)cc1NCCC(=O)N1CCCC1C(=O)O. The van der Waals surface area contributed by atoms with Crippen LogP contribution in [-0.4, -0.2) is 48.1 Å². The molecule has 1 fully saturated rings. The van der Waals surface area contributed by atoms with E-state index in [2.05, 4.69) is 5.32 Å². The van der Waals surface area contributed by atoms with E-state index in [1.165, 1.54) is 4.90 Å². The molecule has 1 aliphatic heterocycles. The molecule has 0 bridgehead atoms. The first-order valence-corrected chi connectivity index (χ1v) is 7.50. The molecule has 1 heterocycles. The summed E-state index contributed by atoms with van der Waals surface area (Å²) in [7, 11) is 1.56. The molecular weight excluding hydrogens is 308 g/mol. The molecule has 0 saturated carbocycles. The van der Waals surface area contributed by atoms with Crippen LogP contribution in [0, 0.1) is 0 Å².